The number of rotatable bonds is 2. The Morgan fingerprint density at radius 3 is 2.63 bits per heavy atom. The molecule has 1 N–H and O–H groups in total. The Hall–Kier alpha value is -1.06. The molecule has 1 aromatic rings. The number of hydrogen-bond acceptors (Lipinski definition) is 3. The van der Waals surface area contributed by atoms with E-state index < -0.39 is 0 Å². The van der Waals surface area contributed by atoms with Crippen LogP contribution in [0.2, 0.25) is 0 Å². The van der Waals surface area contributed by atoms with Crippen LogP contribution in [0.25, 0.3) is 0 Å². The van der Waals surface area contributed by atoms with Crippen molar-refractivity contribution in [1.82, 2.24) is 4.90 Å². The van der Waals surface area contributed by atoms with Gasteiger partial charge in [-0.2, -0.15) is 0 Å². The lowest BCUT2D eigenvalue weighted by molar-refractivity contribution is -0.0179. The molecule has 1 aliphatic heterocycles. The molecule has 19 heavy (non-hydrogen) atoms. The molecule has 2 rings (SSSR count). The summed E-state index contributed by atoms with van der Waals surface area (Å²) in [4.78, 5) is 2.24. The number of phenolic OH excluding ortho intramolecular Hbond substituents is 1. The Kier molecular flexibility index (Phi) is 4.16. The predicted molar refractivity (Wildman–Crippen MR) is 77.4 cm³/mol. The molecule has 106 valence electrons. The van der Waals surface area contributed by atoms with E-state index in [-0.39, 0.29) is 5.41 Å². The summed E-state index contributed by atoms with van der Waals surface area (Å²) in [7, 11) is 0. The van der Waals surface area contributed by atoms with Gasteiger partial charge in [0.25, 0.3) is 0 Å². The van der Waals surface area contributed by atoms with Gasteiger partial charge in [-0.3, -0.25) is 4.90 Å². The van der Waals surface area contributed by atoms with Crippen LogP contribution < -0.4 is 0 Å². The summed E-state index contributed by atoms with van der Waals surface area (Å²) in [6.45, 7) is 11.8. The highest BCUT2D eigenvalue weighted by Gasteiger charge is 2.22. The van der Waals surface area contributed by atoms with Crippen molar-refractivity contribution in [3.63, 3.8) is 0 Å². The quantitative estimate of drug-likeness (QED) is 0.889. The molecule has 1 fully saturated rings. The highest BCUT2D eigenvalue weighted by Crippen LogP contribution is 2.35. The van der Waals surface area contributed by atoms with Crippen molar-refractivity contribution < 1.29 is 9.84 Å². The molecule has 0 aliphatic carbocycles. The monoisotopic (exact) mass is 263 g/mol. The normalized spacial score (nSPS) is 17.7. The summed E-state index contributed by atoms with van der Waals surface area (Å²) in [5.41, 5.74) is 3.20. The van der Waals surface area contributed by atoms with Gasteiger partial charge in [0.05, 0.1) is 6.73 Å². The summed E-state index contributed by atoms with van der Waals surface area (Å²) >= 11 is 0. The van der Waals surface area contributed by atoms with Crippen molar-refractivity contribution in [1.29, 1.82) is 0 Å². The van der Waals surface area contributed by atoms with Crippen LogP contribution in [0.4, 0.5) is 0 Å². The lowest BCUT2D eigenvalue weighted by atomic mass is 9.84. The Bertz CT molecular complexity index is 443. The second-order valence-electron chi connectivity index (χ2n) is 6.51. The molecule has 0 saturated carbocycles. The predicted octanol–water partition coefficient (Wildman–Crippen LogP) is 3.18. The molecule has 0 atom stereocenters. The van der Waals surface area contributed by atoms with E-state index >= 15 is 0 Å². The van der Waals surface area contributed by atoms with Crippen LogP contribution >= 0.6 is 0 Å². The number of nitrogens with zero attached hydrogens (tertiary/aromatic N) is 1. The van der Waals surface area contributed by atoms with Crippen LogP contribution in [-0.2, 0) is 16.7 Å². The number of ether oxygens (including phenoxy) is 1. The molecule has 1 aliphatic rings. The summed E-state index contributed by atoms with van der Waals surface area (Å²) in [5, 5.41) is 10.5. The van der Waals surface area contributed by atoms with E-state index in [4.69, 9.17) is 4.74 Å². The first-order valence-electron chi connectivity index (χ1n) is 7.01. The maximum Gasteiger partial charge on any atom is 0.123 e. The van der Waals surface area contributed by atoms with Gasteiger partial charge in [0.2, 0.25) is 0 Å². The Balaban J connectivity index is 2.27. The fraction of sp³-hybridized carbons (Fsp3) is 0.625. The molecule has 1 heterocycles. The van der Waals surface area contributed by atoms with Crippen molar-refractivity contribution >= 4 is 0 Å². The minimum atomic E-state index is -0.0384. The van der Waals surface area contributed by atoms with Crippen molar-refractivity contribution in [2.45, 2.75) is 46.1 Å². The van der Waals surface area contributed by atoms with Gasteiger partial charge >= 0.3 is 0 Å². The van der Waals surface area contributed by atoms with E-state index in [0.29, 0.717) is 12.5 Å². The molecule has 0 bridgehead atoms. The average Bonchev–Trinajstić information content (AvgIpc) is 2.33. The zero-order valence-electron chi connectivity index (χ0n) is 12.5. The smallest absolute Gasteiger partial charge is 0.123 e. The Labute approximate surface area is 116 Å². The van der Waals surface area contributed by atoms with E-state index in [1.807, 2.05) is 0 Å². The SMILES string of the molecule is Cc1cc(CN2CCCOC2)c(O)c(C(C)(C)C)c1. The molecule has 1 aromatic carbocycles. The molecule has 1 saturated heterocycles. The van der Waals surface area contributed by atoms with E-state index in [2.05, 4.69) is 44.7 Å². The minimum absolute atomic E-state index is 0.0384. The molecular weight excluding hydrogens is 238 g/mol. The van der Waals surface area contributed by atoms with Gasteiger partial charge in [-0.05, 0) is 24.3 Å². The molecule has 0 radical (unpaired) electrons. The van der Waals surface area contributed by atoms with Crippen molar-refractivity contribution in [2.24, 2.45) is 0 Å². The first kappa shape index (κ1) is 14.4. The Morgan fingerprint density at radius 2 is 2.05 bits per heavy atom. The van der Waals surface area contributed by atoms with Crippen LogP contribution in [-0.4, -0.2) is 29.9 Å². The molecule has 0 amide bonds. The largest absolute Gasteiger partial charge is 0.507 e. The van der Waals surface area contributed by atoms with E-state index in [9.17, 15) is 5.11 Å². The summed E-state index contributed by atoms with van der Waals surface area (Å²) in [6, 6.07) is 4.17. The van der Waals surface area contributed by atoms with E-state index in [1.165, 1.54) is 5.56 Å². The fourth-order valence-corrected chi connectivity index (χ4v) is 2.56. The van der Waals surface area contributed by atoms with Gasteiger partial charge in [0, 0.05) is 25.3 Å². The maximum atomic E-state index is 10.5. The standard InChI is InChI=1S/C16H25NO2/c1-12-8-13(10-17-6-5-7-19-11-17)15(18)14(9-12)16(2,3)4/h8-9,18H,5-7,10-11H2,1-4H3. The van der Waals surface area contributed by atoms with Gasteiger partial charge in [-0.1, -0.05) is 38.5 Å². The molecule has 0 unspecified atom stereocenters. The van der Waals surface area contributed by atoms with E-state index in [1.54, 1.807) is 0 Å². The number of aromatic hydroxyl groups is 1. The minimum Gasteiger partial charge on any atom is -0.507 e. The number of aryl methyl sites for hydroxylation is 1. The lowest BCUT2D eigenvalue weighted by Gasteiger charge is -2.28. The summed E-state index contributed by atoms with van der Waals surface area (Å²) < 4.78 is 5.47. The third-order valence-electron chi connectivity index (χ3n) is 3.57. The van der Waals surface area contributed by atoms with Gasteiger partial charge < -0.3 is 9.84 Å². The molecular formula is C16H25NO2. The first-order chi connectivity index (χ1) is 8.88. The van der Waals surface area contributed by atoms with Crippen LogP contribution in [0.5, 0.6) is 5.75 Å². The third-order valence-corrected chi connectivity index (χ3v) is 3.57. The average molecular weight is 263 g/mol. The van der Waals surface area contributed by atoms with Gasteiger partial charge in [0.1, 0.15) is 5.75 Å². The highest BCUT2D eigenvalue weighted by atomic mass is 16.5. The zero-order chi connectivity index (χ0) is 14.0. The fourth-order valence-electron chi connectivity index (χ4n) is 2.56. The van der Waals surface area contributed by atoms with E-state index in [0.717, 1.165) is 37.2 Å². The lowest BCUT2D eigenvalue weighted by Crippen LogP contribution is -2.32. The molecule has 3 heteroatoms. The topological polar surface area (TPSA) is 32.7 Å². The molecule has 3 nitrogen and oxygen atoms in total. The summed E-state index contributed by atoms with van der Waals surface area (Å²) in [6.07, 6.45) is 1.07. The second-order valence-corrected chi connectivity index (χ2v) is 6.51. The van der Waals surface area contributed by atoms with Gasteiger partial charge in [0.15, 0.2) is 0 Å². The number of phenols is 1. The van der Waals surface area contributed by atoms with Crippen LogP contribution in [0.1, 0.15) is 43.9 Å². The highest BCUT2D eigenvalue weighted by molar-refractivity contribution is 5.46. The van der Waals surface area contributed by atoms with Crippen LogP contribution in [0, 0.1) is 6.92 Å². The first-order valence-corrected chi connectivity index (χ1v) is 7.01. The maximum absolute atomic E-state index is 10.5. The zero-order valence-corrected chi connectivity index (χ0v) is 12.5. The third kappa shape index (κ3) is 3.48. The van der Waals surface area contributed by atoms with Gasteiger partial charge in [-0.25, -0.2) is 0 Å². The number of benzene rings is 1. The van der Waals surface area contributed by atoms with Crippen molar-refractivity contribution in [3.8, 4) is 5.75 Å². The number of hydrogen-bond donors (Lipinski definition) is 1. The van der Waals surface area contributed by atoms with Crippen LogP contribution in [0.3, 0.4) is 0 Å². The van der Waals surface area contributed by atoms with Gasteiger partial charge in [-0.15, -0.1) is 0 Å². The Morgan fingerprint density at radius 1 is 1.32 bits per heavy atom. The molecule has 0 spiro atoms. The van der Waals surface area contributed by atoms with Crippen LogP contribution in [0.15, 0.2) is 12.1 Å². The summed E-state index contributed by atoms with van der Waals surface area (Å²) in [5.74, 6) is 0.448. The molecule has 0 aromatic heterocycles. The van der Waals surface area contributed by atoms with Crippen molar-refractivity contribution in [2.75, 3.05) is 19.9 Å². The second kappa shape index (κ2) is 5.51. The van der Waals surface area contributed by atoms with Crippen molar-refractivity contribution in [3.05, 3.63) is 28.8 Å².